The highest BCUT2D eigenvalue weighted by atomic mass is 16.1. The van der Waals surface area contributed by atoms with Crippen LogP contribution in [0.2, 0.25) is 0 Å². The van der Waals surface area contributed by atoms with Crippen molar-refractivity contribution in [2.24, 2.45) is 0 Å². The first-order chi connectivity index (χ1) is 14.7. The fourth-order valence-electron chi connectivity index (χ4n) is 5.26. The molecule has 0 bridgehead atoms. The van der Waals surface area contributed by atoms with Gasteiger partial charge in [0.2, 0.25) is 0 Å². The van der Waals surface area contributed by atoms with Gasteiger partial charge in [0.1, 0.15) is 0 Å². The van der Waals surface area contributed by atoms with Crippen molar-refractivity contribution in [1.82, 2.24) is 0 Å². The Kier molecular flexibility index (Phi) is 2.80. The van der Waals surface area contributed by atoms with Gasteiger partial charge in [-0.2, -0.15) is 0 Å². The zero-order valence-corrected chi connectivity index (χ0v) is 15.9. The van der Waals surface area contributed by atoms with Crippen molar-refractivity contribution in [3.8, 4) is 0 Å². The molecule has 0 aliphatic heterocycles. The van der Waals surface area contributed by atoms with Gasteiger partial charge < -0.3 is 0 Å². The molecular weight excluding hydrogens is 368 g/mol. The lowest BCUT2D eigenvalue weighted by Crippen LogP contribution is -1.96. The van der Waals surface area contributed by atoms with Gasteiger partial charge in [0.25, 0.3) is 0 Å². The summed E-state index contributed by atoms with van der Waals surface area (Å²) in [6.45, 7) is 0. The standard InChI is InChI=1S/C28H14O2/c29-27-19-11-5-2-8-16(19)22-13-23-21(14-24(22)27)15-7-1-3-9-17(15)25-18-10-4-6-12-20(18)28(30)26(23)25/h1-14H. The minimum Gasteiger partial charge on any atom is -0.289 e. The Bertz CT molecular complexity index is 1930. The van der Waals surface area contributed by atoms with E-state index in [2.05, 4.69) is 18.2 Å². The van der Waals surface area contributed by atoms with Gasteiger partial charge in [0.15, 0.2) is 10.9 Å². The molecule has 30 heavy (non-hydrogen) atoms. The first-order valence-corrected chi connectivity index (χ1v) is 10.0. The first-order valence-electron chi connectivity index (χ1n) is 10.0. The molecule has 0 spiro atoms. The number of hydrogen-bond donors (Lipinski definition) is 0. The van der Waals surface area contributed by atoms with E-state index < -0.39 is 0 Å². The van der Waals surface area contributed by atoms with Crippen LogP contribution in [0.4, 0.5) is 0 Å². The van der Waals surface area contributed by atoms with Crippen LogP contribution in [0.3, 0.4) is 0 Å². The van der Waals surface area contributed by atoms with Crippen molar-refractivity contribution in [2.45, 2.75) is 0 Å². The molecule has 2 nitrogen and oxygen atoms in total. The van der Waals surface area contributed by atoms with Crippen molar-refractivity contribution in [1.29, 1.82) is 0 Å². The van der Waals surface area contributed by atoms with Gasteiger partial charge in [0.05, 0.1) is 0 Å². The highest BCUT2D eigenvalue weighted by Crippen LogP contribution is 2.40. The van der Waals surface area contributed by atoms with Crippen molar-refractivity contribution < 1.29 is 0 Å². The van der Waals surface area contributed by atoms with Gasteiger partial charge in [-0.1, -0.05) is 72.8 Å². The third kappa shape index (κ3) is 1.75. The van der Waals surface area contributed by atoms with Crippen LogP contribution in [0.15, 0.2) is 94.5 Å². The van der Waals surface area contributed by atoms with Gasteiger partial charge in [-0.25, -0.2) is 0 Å². The second-order valence-electron chi connectivity index (χ2n) is 7.99. The lowest BCUT2D eigenvalue weighted by molar-refractivity contribution is 1.80. The number of fused-ring (bicyclic) bond motifs is 11. The second-order valence-corrected chi connectivity index (χ2v) is 7.99. The molecule has 0 fully saturated rings. The third-order valence-electron chi connectivity index (χ3n) is 6.54. The van der Waals surface area contributed by atoms with Crippen LogP contribution >= 0.6 is 0 Å². The summed E-state index contributed by atoms with van der Waals surface area (Å²) in [5.41, 5.74) is 0.121. The largest absolute Gasteiger partial charge is 0.289 e. The molecule has 7 aromatic rings. The van der Waals surface area contributed by atoms with Gasteiger partial charge in [0, 0.05) is 26.9 Å². The summed E-state index contributed by atoms with van der Waals surface area (Å²) in [4.78, 5) is 26.6. The Morgan fingerprint density at radius 3 is 1.43 bits per heavy atom. The highest BCUT2D eigenvalue weighted by molar-refractivity contribution is 6.35. The van der Waals surface area contributed by atoms with E-state index in [-0.39, 0.29) is 10.9 Å². The Morgan fingerprint density at radius 1 is 0.333 bits per heavy atom. The molecule has 0 saturated heterocycles. The summed E-state index contributed by atoms with van der Waals surface area (Å²) < 4.78 is 0. The Balaban J connectivity index is 1.90. The predicted octanol–water partition coefficient (Wildman–Crippen LogP) is 6.20. The van der Waals surface area contributed by atoms with Gasteiger partial charge in [-0.3, -0.25) is 9.59 Å². The zero-order valence-electron chi connectivity index (χ0n) is 15.9. The van der Waals surface area contributed by atoms with E-state index in [0.717, 1.165) is 64.6 Å². The summed E-state index contributed by atoms with van der Waals surface area (Å²) in [6, 6.07) is 27.8. The number of benzene rings is 5. The topological polar surface area (TPSA) is 34.1 Å². The minimum absolute atomic E-state index is 0.0571. The fraction of sp³-hybridized carbons (Fsp3) is 0. The summed E-state index contributed by atoms with van der Waals surface area (Å²) in [5.74, 6) is 0. The van der Waals surface area contributed by atoms with Crippen LogP contribution in [-0.4, -0.2) is 0 Å². The van der Waals surface area contributed by atoms with E-state index in [9.17, 15) is 9.59 Å². The summed E-state index contributed by atoms with van der Waals surface area (Å²) >= 11 is 0. The van der Waals surface area contributed by atoms with Crippen LogP contribution in [0.25, 0.3) is 64.6 Å². The van der Waals surface area contributed by atoms with Crippen molar-refractivity contribution >= 4 is 64.6 Å². The monoisotopic (exact) mass is 382 g/mol. The van der Waals surface area contributed by atoms with Gasteiger partial charge in [-0.15, -0.1) is 0 Å². The van der Waals surface area contributed by atoms with Gasteiger partial charge >= 0.3 is 0 Å². The van der Waals surface area contributed by atoms with E-state index >= 15 is 0 Å². The highest BCUT2D eigenvalue weighted by Gasteiger charge is 2.19. The molecule has 138 valence electrons. The van der Waals surface area contributed by atoms with Crippen LogP contribution in [-0.2, 0) is 0 Å². The van der Waals surface area contributed by atoms with Crippen LogP contribution in [0.5, 0.6) is 0 Å². The SMILES string of the molecule is O=c1c2ccccc2c2cc3c(cc12)c1ccccc1c1c2ccccc2c(=O)c31. The first kappa shape index (κ1) is 15.8. The summed E-state index contributed by atoms with van der Waals surface area (Å²) in [7, 11) is 0. The maximum absolute atomic E-state index is 13.5. The van der Waals surface area contributed by atoms with Crippen molar-refractivity contribution in [3.63, 3.8) is 0 Å². The lowest BCUT2D eigenvalue weighted by Gasteiger charge is -2.08. The molecule has 2 heteroatoms. The Labute approximate surface area is 170 Å². The van der Waals surface area contributed by atoms with Crippen LogP contribution in [0, 0.1) is 0 Å². The molecular formula is C28H14O2. The molecule has 0 saturated carbocycles. The van der Waals surface area contributed by atoms with E-state index in [1.54, 1.807) is 0 Å². The second kappa shape index (κ2) is 5.31. The molecule has 0 aliphatic carbocycles. The number of rotatable bonds is 0. The van der Waals surface area contributed by atoms with E-state index in [1.165, 1.54) is 0 Å². The molecule has 7 rings (SSSR count). The average molecular weight is 382 g/mol. The number of hydrogen-bond acceptors (Lipinski definition) is 2. The zero-order chi connectivity index (χ0) is 20.0. The maximum Gasteiger partial charge on any atom is 0.194 e. The molecule has 0 radical (unpaired) electrons. The smallest absolute Gasteiger partial charge is 0.194 e. The molecule has 0 N–H and O–H groups in total. The molecule has 0 aliphatic rings. The predicted molar refractivity (Wildman–Crippen MR) is 126 cm³/mol. The molecule has 0 aromatic heterocycles. The maximum atomic E-state index is 13.5. The minimum atomic E-state index is 0.0571. The normalized spacial score (nSPS) is 12.3. The molecule has 0 unspecified atom stereocenters. The van der Waals surface area contributed by atoms with E-state index in [1.807, 2.05) is 66.7 Å². The molecule has 0 atom stereocenters. The third-order valence-corrected chi connectivity index (χ3v) is 6.54. The summed E-state index contributed by atoms with van der Waals surface area (Å²) in [6.07, 6.45) is 0. The van der Waals surface area contributed by atoms with E-state index in [4.69, 9.17) is 0 Å². The van der Waals surface area contributed by atoms with E-state index in [0.29, 0.717) is 0 Å². The Morgan fingerprint density at radius 2 is 0.767 bits per heavy atom. The van der Waals surface area contributed by atoms with Crippen LogP contribution < -0.4 is 10.9 Å². The Hall–Kier alpha value is -4.04. The van der Waals surface area contributed by atoms with Crippen molar-refractivity contribution in [2.75, 3.05) is 0 Å². The van der Waals surface area contributed by atoms with Gasteiger partial charge in [-0.05, 0) is 49.8 Å². The summed E-state index contributed by atoms with van der Waals surface area (Å²) in [5, 5.41) is 10.8. The van der Waals surface area contributed by atoms with Crippen molar-refractivity contribution in [3.05, 3.63) is 105 Å². The quantitative estimate of drug-likeness (QED) is 0.293. The fourth-order valence-corrected chi connectivity index (χ4v) is 5.26. The average Bonchev–Trinajstić information content (AvgIpc) is 3.25. The lowest BCUT2D eigenvalue weighted by atomic mass is 9.94. The molecule has 7 aromatic carbocycles. The molecule has 0 heterocycles. The molecule has 0 amide bonds. The van der Waals surface area contributed by atoms with Crippen LogP contribution in [0.1, 0.15) is 0 Å².